The Balaban J connectivity index is 1.51. The summed E-state index contributed by atoms with van der Waals surface area (Å²) in [5.74, 6) is 1.60. The van der Waals surface area contributed by atoms with Crippen LogP contribution in [0.3, 0.4) is 0 Å². The first-order chi connectivity index (χ1) is 15.1. The van der Waals surface area contributed by atoms with Crippen LogP contribution in [0.4, 0.5) is 0 Å². The Morgan fingerprint density at radius 3 is 2.53 bits per heavy atom. The molecule has 11 atom stereocenters. The molecule has 4 aliphatic carbocycles. The first-order valence-electron chi connectivity index (χ1n) is 12.8. The SMILES string of the molecule is COCOC(=O)CCC(C)C1CCC2C3C(O)CC4C[C@H](O)CC[C@]4(C)C3C[C@H](O)[C@]12C. The average Bonchev–Trinajstić information content (AvgIpc) is 3.11. The molecule has 4 aliphatic rings. The fourth-order valence-corrected chi connectivity index (χ4v) is 8.88. The molecule has 0 radical (unpaired) electrons. The summed E-state index contributed by atoms with van der Waals surface area (Å²) >= 11 is 0. The van der Waals surface area contributed by atoms with Gasteiger partial charge in [-0.3, -0.25) is 4.79 Å². The van der Waals surface area contributed by atoms with Crippen LogP contribution in [0.15, 0.2) is 0 Å². The van der Waals surface area contributed by atoms with E-state index in [1.54, 1.807) is 0 Å². The lowest BCUT2D eigenvalue weighted by atomic mass is 9.43. The third-order valence-corrected chi connectivity index (χ3v) is 10.7. The zero-order valence-electron chi connectivity index (χ0n) is 20.3. The molecule has 0 heterocycles. The molecule has 3 N–H and O–H groups in total. The molecule has 0 aromatic carbocycles. The van der Waals surface area contributed by atoms with Crippen LogP contribution in [-0.2, 0) is 14.3 Å². The second-order valence-electron chi connectivity index (χ2n) is 12.0. The summed E-state index contributed by atoms with van der Waals surface area (Å²) in [7, 11) is 1.50. The van der Waals surface area contributed by atoms with Gasteiger partial charge in [0.15, 0.2) is 6.79 Å². The van der Waals surface area contributed by atoms with E-state index in [0.29, 0.717) is 36.0 Å². The van der Waals surface area contributed by atoms with Crippen molar-refractivity contribution in [3.05, 3.63) is 0 Å². The summed E-state index contributed by atoms with van der Waals surface area (Å²) < 4.78 is 9.87. The van der Waals surface area contributed by atoms with E-state index in [4.69, 9.17) is 9.47 Å². The van der Waals surface area contributed by atoms with Gasteiger partial charge < -0.3 is 24.8 Å². The lowest BCUT2D eigenvalue weighted by molar-refractivity contribution is -0.207. The van der Waals surface area contributed by atoms with Gasteiger partial charge in [0.2, 0.25) is 0 Å². The number of aliphatic hydroxyl groups excluding tert-OH is 3. The first kappa shape index (κ1) is 24.4. The van der Waals surface area contributed by atoms with Gasteiger partial charge in [-0.1, -0.05) is 20.8 Å². The highest BCUT2D eigenvalue weighted by molar-refractivity contribution is 5.69. The molecule has 0 aliphatic heterocycles. The highest BCUT2D eigenvalue weighted by atomic mass is 16.7. The van der Waals surface area contributed by atoms with Gasteiger partial charge in [-0.15, -0.1) is 0 Å². The fraction of sp³-hybridized carbons (Fsp3) is 0.962. The van der Waals surface area contributed by atoms with Crippen molar-refractivity contribution >= 4 is 5.97 Å². The van der Waals surface area contributed by atoms with Gasteiger partial charge in [-0.05, 0) is 97.7 Å². The van der Waals surface area contributed by atoms with Crippen molar-refractivity contribution < 1.29 is 29.6 Å². The Labute approximate surface area is 193 Å². The maximum absolute atomic E-state index is 12.0. The van der Waals surface area contributed by atoms with Crippen LogP contribution >= 0.6 is 0 Å². The van der Waals surface area contributed by atoms with Crippen molar-refractivity contribution in [3.8, 4) is 0 Å². The van der Waals surface area contributed by atoms with Crippen molar-refractivity contribution in [2.24, 2.45) is 46.3 Å². The van der Waals surface area contributed by atoms with E-state index in [0.717, 1.165) is 51.4 Å². The Bertz CT molecular complexity index is 683. The van der Waals surface area contributed by atoms with Crippen LogP contribution < -0.4 is 0 Å². The summed E-state index contributed by atoms with van der Waals surface area (Å²) in [6.07, 6.45) is 6.35. The minimum absolute atomic E-state index is 0.00705. The van der Waals surface area contributed by atoms with Crippen molar-refractivity contribution in [3.63, 3.8) is 0 Å². The molecule has 184 valence electrons. The summed E-state index contributed by atoms with van der Waals surface area (Å²) in [5.41, 5.74) is -0.129. The van der Waals surface area contributed by atoms with Crippen LogP contribution in [0.1, 0.15) is 78.6 Å². The van der Waals surface area contributed by atoms with E-state index in [-0.39, 0.29) is 41.7 Å². The number of ether oxygens (including phenoxy) is 2. The van der Waals surface area contributed by atoms with Crippen LogP contribution in [0.25, 0.3) is 0 Å². The zero-order valence-corrected chi connectivity index (χ0v) is 20.3. The first-order valence-corrected chi connectivity index (χ1v) is 12.8. The minimum atomic E-state index is -0.390. The Morgan fingerprint density at radius 2 is 1.81 bits per heavy atom. The van der Waals surface area contributed by atoms with Gasteiger partial charge in [0.1, 0.15) is 0 Å². The predicted octanol–water partition coefficient (Wildman–Crippen LogP) is 3.51. The number of methoxy groups -OCH3 is 1. The molecular weight excluding hydrogens is 408 g/mol. The molecule has 0 amide bonds. The quantitative estimate of drug-likeness (QED) is 0.422. The lowest BCUT2D eigenvalue weighted by Gasteiger charge is -2.63. The molecule has 0 aromatic heterocycles. The highest BCUT2D eigenvalue weighted by Gasteiger charge is 2.65. The minimum Gasteiger partial charge on any atom is -0.438 e. The number of carbonyl (C=O) groups excluding carboxylic acids is 1. The van der Waals surface area contributed by atoms with Crippen LogP contribution in [0.5, 0.6) is 0 Å². The number of aliphatic hydroxyl groups is 3. The molecule has 6 nitrogen and oxygen atoms in total. The average molecular weight is 453 g/mol. The molecular formula is C26H44O6. The summed E-state index contributed by atoms with van der Waals surface area (Å²) in [5, 5.41) is 33.2. The fourth-order valence-electron chi connectivity index (χ4n) is 8.88. The maximum Gasteiger partial charge on any atom is 0.307 e. The number of hydrogen-bond donors (Lipinski definition) is 3. The van der Waals surface area contributed by atoms with E-state index in [2.05, 4.69) is 20.8 Å². The second-order valence-corrected chi connectivity index (χ2v) is 12.0. The molecule has 4 saturated carbocycles. The number of carbonyl (C=O) groups is 1. The van der Waals surface area contributed by atoms with Crippen LogP contribution in [0.2, 0.25) is 0 Å². The monoisotopic (exact) mass is 452 g/mol. The molecule has 0 bridgehead atoms. The van der Waals surface area contributed by atoms with Gasteiger partial charge in [0.05, 0.1) is 18.3 Å². The van der Waals surface area contributed by atoms with E-state index >= 15 is 0 Å². The number of fused-ring (bicyclic) bond motifs is 5. The number of hydrogen-bond acceptors (Lipinski definition) is 6. The molecule has 6 heteroatoms. The van der Waals surface area contributed by atoms with Gasteiger partial charge in [0, 0.05) is 13.5 Å². The van der Waals surface area contributed by atoms with Crippen molar-refractivity contribution in [2.75, 3.05) is 13.9 Å². The lowest BCUT2D eigenvalue weighted by Crippen LogP contribution is -2.62. The second kappa shape index (κ2) is 9.16. The van der Waals surface area contributed by atoms with Crippen molar-refractivity contribution in [1.29, 1.82) is 0 Å². The van der Waals surface area contributed by atoms with Crippen LogP contribution in [0, 0.1) is 46.3 Å². The maximum atomic E-state index is 12.0. The molecule has 32 heavy (non-hydrogen) atoms. The van der Waals surface area contributed by atoms with Gasteiger partial charge >= 0.3 is 5.97 Å². The van der Waals surface area contributed by atoms with E-state index < -0.39 is 6.10 Å². The van der Waals surface area contributed by atoms with Crippen LogP contribution in [-0.4, -0.2) is 53.5 Å². The van der Waals surface area contributed by atoms with Crippen molar-refractivity contribution in [1.82, 2.24) is 0 Å². The molecule has 0 aromatic rings. The van der Waals surface area contributed by atoms with Gasteiger partial charge in [-0.2, -0.15) is 0 Å². The molecule has 4 rings (SSSR count). The molecule has 7 unspecified atom stereocenters. The number of esters is 1. The van der Waals surface area contributed by atoms with E-state index in [1.807, 2.05) is 0 Å². The predicted molar refractivity (Wildman–Crippen MR) is 120 cm³/mol. The molecule has 4 fully saturated rings. The van der Waals surface area contributed by atoms with Gasteiger partial charge in [0.25, 0.3) is 0 Å². The summed E-state index contributed by atoms with van der Waals surface area (Å²) in [6.45, 7) is 6.82. The molecule has 0 saturated heterocycles. The summed E-state index contributed by atoms with van der Waals surface area (Å²) in [6, 6.07) is 0. The third-order valence-electron chi connectivity index (χ3n) is 10.7. The summed E-state index contributed by atoms with van der Waals surface area (Å²) in [4.78, 5) is 12.0. The third kappa shape index (κ3) is 3.93. The Morgan fingerprint density at radius 1 is 1.06 bits per heavy atom. The largest absolute Gasteiger partial charge is 0.438 e. The van der Waals surface area contributed by atoms with E-state index in [9.17, 15) is 20.1 Å². The van der Waals surface area contributed by atoms with Gasteiger partial charge in [-0.25, -0.2) is 0 Å². The Hall–Kier alpha value is -0.690. The van der Waals surface area contributed by atoms with E-state index in [1.165, 1.54) is 7.11 Å². The number of rotatable bonds is 6. The highest BCUT2D eigenvalue weighted by Crippen LogP contribution is 2.68. The zero-order chi connectivity index (χ0) is 23.3. The van der Waals surface area contributed by atoms with Crippen molar-refractivity contribution in [2.45, 2.75) is 96.9 Å². The standard InChI is InChI=1S/C26H44O6/c1-15(5-8-23(30)32-14-31-4)18-6-7-19-24-20(13-22(29)26(18,19)3)25(2)10-9-17(27)11-16(25)12-21(24)28/h15-22,24,27-29H,5-14H2,1-4H3/t15?,16?,17-,18?,19?,20?,21?,22+,24?,25+,26-/m1/s1. The Kier molecular flexibility index (Phi) is 7.00. The smallest absolute Gasteiger partial charge is 0.307 e. The molecule has 0 spiro atoms. The topological polar surface area (TPSA) is 96.2 Å². The normalized spacial score (nSPS) is 49.0.